The van der Waals surface area contributed by atoms with Gasteiger partial charge < -0.3 is 4.90 Å². The third-order valence-electron chi connectivity index (χ3n) is 7.54. The SMILES string of the molecule is [C-]#[N+]c1cc(F)c(F)cc1S(=O)(=O)N1CCC1C(=O)N(Cc1ccc(C2CCCCC2)cn1)c1ccccc1. The van der Waals surface area contributed by atoms with Crippen LogP contribution < -0.4 is 4.90 Å². The van der Waals surface area contributed by atoms with Crippen molar-refractivity contribution >= 4 is 27.3 Å². The molecule has 10 heteroatoms. The zero-order chi connectivity index (χ0) is 27.6. The molecule has 1 aliphatic heterocycles. The normalized spacial score (nSPS) is 18.2. The van der Waals surface area contributed by atoms with E-state index in [4.69, 9.17) is 6.57 Å². The Hall–Kier alpha value is -3.68. The molecule has 1 saturated heterocycles. The van der Waals surface area contributed by atoms with Gasteiger partial charge >= 0.3 is 0 Å². The molecule has 2 aromatic carbocycles. The quantitative estimate of drug-likeness (QED) is 0.341. The minimum Gasteiger partial charge on any atom is -0.305 e. The Bertz CT molecular complexity index is 1500. The van der Waals surface area contributed by atoms with Gasteiger partial charge in [-0.25, -0.2) is 22.0 Å². The number of carbonyl (C=O) groups is 1. The van der Waals surface area contributed by atoms with E-state index < -0.39 is 44.2 Å². The zero-order valence-corrected chi connectivity index (χ0v) is 22.1. The molecule has 2 aliphatic rings. The number of nitrogens with zero attached hydrogens (tertiary/aromatic N) is 4. The monoisotopic (exact) mass is 550 g/mol. The molecular weight excluding hydrogens is 522 g/mol. The summed E-state index contributed by atoms with van der Waals surface area (Å²) < 4.78 is 55.4. The van der Waals surface area contributed by atoms with Crippen molar-refractivity contribution in [1.29, 1.82) is 0 Å². The number of sulfonamides is 1. The molecule has 3 aromatic rings. The van der Waals surface area contributed by atoms with Gasteiger partial charge in [-0.15, -0.1) is 0 Å². The van der Waals surface area contributed by atoms with Crippen LogP contribution in [-0.2, 0) is 21.4 Å². The first-order valence-corrected chi connectivity index (χ1v) is 14.4. The Labute approximate surface area is 227 Å². The number of benzene rings is 2. The minimum atomic E-state index is -4.44. The number of anilines is 1. The Morgan fingerprint density at radius 1 is 1.03 bits per heavy atom. The van der Waals surface area contributed by atoms with Crippen molar-refractivity contribution in [1.82, 2.24) is 9.29 Å². The van der Waals surface area contributed by atoms with Crippen LogP contribution in [0.5, 0.6) is 0 Å². The molecule has 1 amide bonds. The maximum atomic E-state index is 14.0. The summed E-state index contributed by atoms with van der Waals surface area (Å²) in [6.45, 7) is 7.39. The number of amides is 1. The number of para-hydroxylation sites is 1. The van der Waals surface area contributed by atoms with Crippen LogP contribution in [0.3, 0.4) is 0 Å². The molecule has 0 spiro atoms. The highest BCUT2D eigenvalue weighted by molar-refractivity contribution is 7.89. The van der Waals surface area contributed by atoms with E-state index in [1.165, 1.54) is 29.7 Å². The van der Waals surface area contributed by atoms with E-state index in [1.807, 2.05) is 18.3 Å². The van der Waals surface area contributed by atoms with E-state index in [2.05, 4.69) is 15.9 Å². The number of hydrogen-bond acceptors (Lipinski definition) is 4. The maximum Gasteiger partial charge on any atom is 0.245 e. The topological polar surface area (TPSA) is 74.9 Å². The van der Waals surface area contributed by atoms with Crippen molar-refractivity contribution in [2.75, 3.05) is 11.4 Å². The van der Waals surface area contributed by atoms with Gasteiger partial charge in [0.25, 0.3) is 0 Å². The molecule has 202 valence electrons. The summed E-state index contributed by atoms with van der Waals surface area (Å²) in [5, 5.41) is 0. The molecule has 7 nitrogen and oxygen atoms in total. The number of rotatable bonds is 7. The first kappa shape index (κ1) is 26.9. The molecule has 1 unspecified atom stereocenters. The van der Waals surface area contributed by atoms with Crippen molar-refractivity contribution < 1.29 is 22.0 Å². The Morgan fingerprint density at radius 2 is 1.74 bits per heavy atom. The smallest absolute Gasteiger partial charge is 0.245 e. The van der Waals surface area contributed by atoms with Gasteiger partial charge in [-0.05, 0) is 61.1 Å². The average molecular weight is 551 g/mol. The van der Waals surface area contributed by atoms with E-state index in [0.29, 0.717) is 29.4 Å². The first-order chi connectivity index (χ1) is 18.8. The highest BCUT2D eigenvalue weighted by Crippen LogP contribution is 2.36. The molecule has 1 aliphatic carbocycles. The molecule has 2 heterocycles. The Balaban J connectivity index is 1.41. The summed E-state index contributed by atoms with van der Waals surface area (Å²) in [7, 11) is -4.44. The average Bonchev–Trinajstić information content (AvgIpc) is 2.93. The van der Waals surface area contributed by atoms with Gasteiger partial charge in [0.2, 0.25) is 21.6 Å². The van der Waals surface area contributed by atoms with E-state index in [-0.39, 0.29) is 19.5 Å². The predicted molar refractivity (Wildman–Crippen MR) is 143 cm³/mol. The fourth-order valence-electron chi connectivity index (χ4n) is 5.29. The highest BCUT2D eigenvalue weighted by Gasteiger charge is 2.45. The van der Waals surface area contributed by atoms with E-state index in [9.17, 15) is 22.0 Å². The van der Waals surface area contributed by atoms with Gasteiger partial charge in [-0.1, -0.05) is 43.5 Å². The maximum absolute atomic E-state index is 14.0. The van der Waals surface area contributed by atoms with Gasteiger partial charge in [0, 0.05) is 18.4 Å². The van der Waals surface area contributed by atoms with Crippen LogP contribution in [-0.4, -0.2) is 36.2 Å². The second-order valence-electron chi connectivity index (χ2n) is 9.94. The van der Waals surface area contributed by atoms with Crippen LogP contribution in [0, 0.1) is 18.2 Å². The summed E-state index contributed by atoms with van der Waals surface area (Å²) in [5.74, 6) is -2.65. The largest absolute Gasteiger partial charge is 0.305 e. The number of halogens is 2. The van der Waals surface area contributed by atoms with Gasteiger partial charge in [-0.3, -0.25) is 9.78 Å². The van der Waals surface area contributed by atoms with Crippen molar-refractivity contribution in [3.05, 3.63) is 95.1 Å². The van der Waals surface area contributed by atoms with Crippen molar-refractivity contribution in [3.63, 3.8) is 0 Å². The number of aromatic nitrogens is 1. The molecule has 0 bridgehead atoms. The number of pyridine rings is 1. The lowest BCUT2D eigenvalue weighted by Crippen LogP contribution is -2.59. The van der Waals surface area contributed by atoms with E-state index in [1.54, 1.807) is 24.3 Å². The van der Waals surface area contributed by atoms with Gasteiger partial charge in [-0.2, -0.15) is 4.31 Å². The second-order valence-corrected chi connectivity index (χ2v) is 11.8. The molecule has 0 radical (unpaired) electrons. The van der Waals surface area contributed by atoms with Crippen LogP contribution in [0.25, 0.3) is 4.85 Å². The molecule has 0 N–H and O–H groups in total. The lowest BCUT2D eigenvalue weighted by molar-refractivity contribution is -0.125. The van der Waals surface area contributed by atoms with Crippen LogP contribution in [0.2, 0.25) is 0 Å². The molecule has 1 atom stereocenters. The molecular formula is C29H28F2N4O3S. The standard InChI is InChI=1S/C29H28F2N4O3S/c1-32-26-16-24(30)25(31)17-28(26)39(37,38)35-15-14-27(35)29(36)34(23-10-6-3-7-11-23)19-22-13-12-21(18-33-22)20-8-4-2-5-9-20/h3,6-7,10-13,16-18,20,27H,2,4-5,8-9,14-15,19H2. The zero-order valence-electron chi connectivity index (χ0n) is 21.3. The van der Waals surface area contributed by atoms with Crippen LogP contribution in [0.15, 0.2) is 65.7 Å². The first-order valence-electron chi connectivity index (χ1n) is 13.0. The predicted octanol–water partition coefficient (Wildman–Crippen LogP) is 5.95. The third-order valence-corrected chi connectivity index (χ3v) is 9.48. The van der Waals surface area contributed by atoms with Crippen LogP contribution >= 0.6 is 0 Å². The van der Waals surface area contributed by atoms with E-state index >= 15 is 0 Å². The Morgan fingerprint density at radius 3 is 2.36 bits per heavy atom. The minimum absolute atomic E-state index is 0.0200. The summed E-state index contributed by atoms with van der Waals surface area (Å²) in [4.78, 5) is 22.3. The van der Waals surface area contributed by atoms with Crippen LogP contribution in [0.4, 0.5) is 20.2 Å². The second kappa shape index (κ2) is 11.2. The van der Waals surface area contributed by atoms with Crippen molar-refractivity contribution in [2.24, 2.45) is 0 Å². The summed E-state index contributed by atoms with van der Waals surface area (Å²) in [5.41, 5.74) is 1.90. The van der Waals surface area contributed by atoms with Crippen LogP contribution in [0.1, 0.15) is 55.7 Å². The number of hydrogen-bond donors (Lipinski definition) is 0. The third kappa shape index (κ3) is 5.42. The fourth-order valence-corrected chi connectivity index (χ4v) is 7.04. The summed E-state index contributed by atoms with van der Waals surface area (Å²) in [6.07, 6.45) is 8.11. The lowest BCUT2D eigenvalue weighted by Gasteiger charge is -2.41. The molecule has 1 saturated carbocycles. The van der Waals surface area contributed by atoms with Gasteiger partial charge in [0.15, 0.2) is 5.82 Å². The molecule has 5 rings (SSSR count). The summed E-state index contributed by atoms with van der Waals surface area (Å²) >= 11 is 0. The van der Waals surface area contributed by atoms with Gasteiger partial charge in [0.05, 0.1) is 23.7 Å². The number of carbonyl (C=O) groups excluding carboxylic acids is 1. The van der Waals surface area contributed by atoms with E-state index in [0.717, 1.165) is 17.1 Å². The molecule has 39 heavy (non-hydrogen) atoms. The Kier molecular flexibility index (Phi) is 7.73. The highest BCUT2D eigenvalue weighted by atomic mass is 32.2. The molecule has 1 aromatic heterocycles. The van der Waals surface area contributed by atoms with Crippen molar-refractivity contribution in [2.45, 2.75) is 61.9 Å². The summed E-state index contributed by atoms with van der Waals surface area (Å²) in [6, 6.07) is 12.9. The fraction of sp³-hybridized carbons (Fsp3) is 0.345. The van der Waals surface area contributed by atoms with Crippen molar-refractivity contribution in [3.8, 4) is 0 Å². The lowest BCUT2D eigenvalue weighted by atomic mass is 9.85. The molecule has 2 fully saturated rings. The van der Waals surface area contributed by atoms with Gasteiger partial charge in [0.1, 0.15) is 11.9 Å².